The number of hydrogen-bond donors (Lipinski definition) is 5. The Bertz CT molecular complexity index is 1070. The van der Waals surface area contributed by atoms with Crippen LogP contribution in [0.3, 0.4) is 0 Å². The Kier molecular flexibility index (Phi) is 34.2. The molecule has 5 N–H and O–H groups in total. The van der Waals surface area contributed by atoms with Gasteiger partial charge in [0.25, 0.3) is 0 Å². The number of amides is 3. The number of unbranched alkanes of at least 4 members (excludes halogenated alkanes) is 13. The van der Waals surface area contributed by atoms with Crippen molar-refractivity contribution in [2.24, 2.45) is 5.41 Å². The van der Waals surface area contributed by atoms with Crippen molar-refractivity contribution in [2.45, 2.75) is 155 Å². The highest BCUT2D eigenvalue weighted by Crippen LogP contribution is 2.14. The maximum absolute atomic E-state index is 12.3. The van der Waals surface area contributed by atoms with E-state index in [-0.39, 0.29) is 94.1 Å². The van der Waals surface area contributed by atoms with Gasteiger partial charge in [-0.15, -0.1) is 0 Å². The molecule has 0 heterocycles. The van der Waals surface area contributed by atoms with Gasteiger partial charge in [-0.2, -0.15) is 0 Å². The number of hydrogen-bond acceptors (Lipinski definition) is 10. The highest BCUT2D eigenvalue weighted by Gasteiger charge is 2.21. The van der Waals surface area contributed by atoms with Crippen molar-refractivity contribution in [1.29, 1.82) is 0 Å². The molecule has 0 saturated carbocycles. The van der Waals surface area contributed by atoms with Gasteiger partial charge in [0.2, 0.25) is 17.7 Å². The normalized spacial score (nSPS) is 11.9. The number of carboxylic acid groups (broad SMARTS) is 2. The lowest BCUT2D eigenvalue weighted by Crippen LogP contribution is -2.41. The number of nitrogens with one attached hydrogen (secondary N) is 3. The van der Waals surface area contributed by atoms with E-state index < -0.39 is 18.0 Å². The van der Waals surface area contributed by atoms with Crippen LogP contribution in [0.5, 0.6) is 0 Å². The van der Waals surface area contributed by atoms with Crippen molar-refractivity contribution in [2.75, 3.05) is 65.9 Å². The molecule has 3 amide bonds. The Morgan fingerprint density at radius 1 is 0.500 bits per heavy atom. The first-order valence-corrected chi connectivity index (χ1v) is 20.9. The molecule has 0 aromatic heterocycles. The van der Waals surface area contributed by atoms with Crippen LogP contribution in [-0.4, -0.2) is 118 Å². The number of carbonyl (C=O) groups excluding carboxylic acids is 4. The van der Waals surface area contributed by atoms with Crippen molar-refractivity contribution < 1.29 is 57.9 Å². The van der Waals surface area contributed by atoms with Crippen molar-refractivity contribution in [3.63, 3.8) is 0 Å². The topological polar surface area (TPSA) is 216 Å². The van der Waals surface area contributed by atoms with E-state index >= 15 is 0 Å². The largest absolute Gasteiger partial charge is 0.481 e. The van der Waals surface area contributed by atoms with Crippen LogP contribution >= 0.6 is 0 Å². The van der Waals surface area contributed by atoms with E-state index in [0.29, 0.717) is 45.8 Å². The van der Waals surface area contributed by atoms with Crippen LogP contribution in [0.4, 0.5) is 0 Å². The van der Waals surface area contributed by atoms with Crippen molar-refractivity contribution in [3.05, 3.63) is 0 Å². The van der Waals surface area contributed by atoms with Crippen LogP contribution in [-0.2, 0) is 47.7 Å². The molecule has 56 heavy (non-hydrogen) atoms. The molecule has 0 rings (SSSR count). The van der Waals surface area contributed by atoms with E-state index in [9.17, 15) is 33.9 Å². The van der Waals surface area contributed by atoms with Gasteiger partial charge in [0.1, 0.15) is 25.0 Å². The Hall–Kier alpha value is -3.14. The van der Waals surface area contributed by atoms with Gasteiger partial charge in [-0.25, -0.2) is 4.79 Å². The lowest BCUT2D eigenvalue weighted by molar-refractivity contribution is -0.142. The zero-order valence-electron chi connectivity index (χ0n) is 34.8. The third-order valence-electron chi connectivity index (χ3n) is 8.73. The van der Waals surface area contributed by atoms with Crippen molar-refractivity contribution in [1.82, 2.24) is 16.0 Å². The Morgan fingerprint density at radius 3 is 1.46 bits per heavy atom. The van der Waals surface area contributed by atoms with E-state index in [4.69, 9.17) is 24.1 Å². The first-order chi connectivity index (χ1) is 26.8. The van der Waals surface area contributed by atoms with E-state index in [1.165, 1.54) is 44.9 Å². The Balaban J connectivity index is 3.66. The molecule has 0 aliphatic heterocycles. The first kappa shape index (κ1) is 52.9. The predicted octanol–water partition coefficient (Wildman–Crippen LogP) is 5.36. The molecule has 0 bridgehead atoms. The molecule has 15 nitrogen and oxygen atoms in total. The average molecular weight is 802 g/mol. The van der Waals surface area contributed by atoms with Crippen molar-refractivity contribution in [3.8, 4) is 0 Å². The van der Waals surface area contributed by atoms with Crippen LogP contribution in [0.15, 0.2) is 0 Å². The van der Waals surface area contributed by atoms with Crippen molar-refractivity contribution >= 4 is 35.4 Å². The summed E-state index contributed by atoms with van der Waals surface area (Å²) in [5.74, 6) is -2.72. The van der Waals surface area contributed by atoms with Gasteiger partial charge >= 0.3 is 11.9 Å². The highest BCUT2D eigenvalue weighted by atomic mass is 16.5. The second-order valence-electron chi connectivity index (χ2n) is 15.5. The predicted molar refractivity (Wildman–Crippen MR) is 213 cm³/mol. The van der Waals surface area contributed by atoms with E-state index in [1.807, 2.05) is 20.8 Å². The minimum absolute atomic E-state index is 0.00750. The number of carboxylic acids is 2. The standard InChI is InChI=1S/C41H75N3O12/c1-41(2,3)33-43-38(48)32-56-30-28-54-26-24-42-37(47)31-55-29-27-53-25-18-19-34(45)22-23-35(40(51)52)44-36(46)20-16-14-12-10-8-6-4-5-7-9-11-13-15-17-21-39(49)50/h35H,4-33H2,1-3H3,(H,42,47)(H,43,48)(H,44,46)(H,49,50)(H,51,52). The summed E-state index contributed by atoms with van der Waals surface area (Å²) in [6.07, 6.45) is 16.5. The third-order valence-corrected chi connectivity index (χ3v) is 8.73. The zero-order valence-corrected chi connectivity index (χ0v) is 34.8. The van der Waals surface area contributed by atoms with Crippen LogP contribution in [0.1, 0.15) is 149 Å². The quantitative estimate of drug-likeness (QED) is 0.0496. The molecule has 0 aromatic carbocycles. The van der Waals surface area contributed by atoms with Gasteiger partial charge in [0, 0.05) is 45.4 Å². The molecule has 1 atom stereocenters. The molecule has 0 aliphatic carbocycles. The zero-order chi connectivity index (χ0) is 41.7. The summed E-state index contributed by atoms with van der Waals surface area (Å²) in [4.78, 5) is 70.3. The SMILES string of the molecule is CC(C)(C)CNC(=O)COCCOCCNC(=O)COCCOCCCC(=O)CCC(NC(=O)CCCCCCCCCCCCCCCCC(=O)O)C(=O)O. The molecule has 15 heteroatoms. The molecule has 0 fully saturated rings. The summed E-state index contributed by atoms with van der Waals surface area (Å²) in [6.45, 7) is 8.48. The summed E-state index contributed by atoms with van der Waals surface area (Å²) in [6, 6.07) is -1.09. The molecule has 0 saturated heterocycles. The first-order valence-electron chi connectivity index (χ1n) is 20.9. The summed E-state index contributed by atoms with van der Waals surface area (Å²) in [7, 11) is 0. The number of aliphatic carboxylic acids is 2. The van der Waals surface area contributed by atoms with Gasteiger partial charge in [-0.3, -0.25) is 24.0 Å². The summed E-state index contributed by atoms with van der Waals surface area (Å²) < 4.78 is 21.4. The molecule has 1 unspecified atom stereocenters. The minimum Gasteiger partial charge on any atom is -0.481 e. The van der Waals surface area contributed by atoms with Gasteiger partial charge in [-0.05, 0) is 31.1 Å². The van der Waals surface area contributed by atoms with E-state index in [0.717, 1.165) is 38.5 Å². The fourth-order valence-corrected chi connectivity index (χ4v) is 5.51. The third kappa shape index (κ3) is 39.1. The monoisotopic (exact) mass is 802 g/mol. The fraction of sp³-hybridized carbons (Fsp3) is 0.854. The summed E-state index contributed by atoms with van der Waals surface area (Å²) in [5.41, 5.74) is 0.00750. The van der Waals surface area contributed by atoms with Crippen LogP contribution in [0.25, 0.3) is 0 Å². The number of Topliss-reactive ketones (excluding diaryl/α,β-unsaturated/α-hetero) is 1. The van der Waals surface area contributed by atoms with Crippen LogP contribution in [0.2, 0.25) is 0 Å². The second-order valence-corrected chi connectivity index (χ2v) is 15.5. The maximum atomic E-state index is 12.3. The smallest absolute Gasteiger partial charge is 0.326 e. The average Bonchev–Trinajstić information content (AvgIpc) is 3.13. The molecule has 326 valence electrons. The molecular formula is C41H75N3O12. The molecule has 0 aliphatic rings. The van der Waals surface area contributed by atoms with Gasteiger partial charge < -0.3 is 45.1 Å². The summed E-state index contributed by atoms with van der Waals surface area (Å²) in [5, 5.41) is 26.2. The lowest BCUT2D eigenvalue weighted by Gasteiger charge is -2.18. The minimum atomic E-state index is -1.15. The highest BCUT2D eigenvalue weighted by molar-refractivity contribution is 5.84. The molecular weight excluding hydrogens is 726 g/mol. The maximum Gasteiger partial charge on any atom is 0.326 e. The number of ketones is 1. The number of carbonyl (C=O) groups is 6. The molecule has 0 aromatic rings. The van der Waals surface area contributed by atoms with Gasteiger partial charge in [0.05, 0.1) is 33.0 Å². The Morgan fingerprint density at radius 2 is 0.964 bits per heavy atom. The lowest BCUT2D eigenvalue weighted by atomic mass is 9.97. The van der Waals surface area contributed by atoms with Crippen LogP contribution in [0, 0.1) is 5.41 Å². The number of rotatable bonds is 40. The second kappa shape index (κ2) is 36.2. The van der Waals surface area contributed by atoms with E-state index in [2.05, 4.69) is 16.0 Å². The molecule has 0 spiro atoms. The molecule has 0 radical (unpaired) electrons. The fourth-order valence-electron chi connectivity index (χ4n) is 5.51. The Labute approximate surface area is 335 Å². The number of ether oxygens (including phenoxy) is 4. The van der Waals surface area contributed by atoms with Crippen LogP contribution < -0.4 is 16.0 Å². The van der Waals surface area contributed by atoms with Gasteiger partial charge in [-0.1, -0.05) is 97.8 Å². The van der Waals surface area contributed by atoms with E-state index in [1.54, 1.807) is 0 Å². The van der Waals surface area contributed by atoms with Gasteiger partial charge in [0.15, 0.2) is 0 Å². The summed E-state index contributed by atoms with van der Waals surface area (Å²) >= 11 is 0.